The van der Waals surface area contributed by atoms with Crippen molar-refractivity contribution in [2.45, 2.75) is 25.7 Å². The van der Waals surface area contributed by atoms with Crippen LogP contribution in [0.5, 0.6) is 5.75 Å². The van der Waals surface area contributed by atoms with Gasteiger partial charge in [-0.25, -0.2) is 0 Å². The molecular weight excluding hydrogens is 228 g/mol. The molecule has 1 aromatic heterocycles. The van der Waals surface area contributed by atoms with E-state index in [-0.39, 0.29) is 0 Å². The van der Waals surface area contributed by atoms with Crippen molar-refractivity contribution in [3.63, 3.8) is 0 Å². The van der Waals surface area contributed by atoms with Crippen molar-refractivity contribution >= 4 is 5.88 Å². The molecule has 0 bridgehead atoms. The molecule has 2 N–H and O–H groups in total. The zero-order chi connectivity index (χ0) is 12.5. The first-order valence-corrected chi connectivity index (χ1v) is 6.20. The highest BCUT2D eigenvalue weighted by Crippen LogP contribution is 2.40. The number of fused-ring (bicyclic) bond motifs is 1. The van der Waals surface area contributed by atoms with Crippen molar-refractivity contribution in [2.24, 2.45) is 0 Å². The fourth-order valence-corrected chi connectivity index (χ4v) is 2.69. The molecule has 4 heteroatoms. The largest absolute Gasteiger partial charge is 0.496 e. The summed E-state index contributed by atoms with van der Waals surface area (Å²) in [6.45, 7) is 0. The van der Waals surface area contributed by atoms with Crippen molar-refractivity contribution in [2.75, 3.05) is 12.8 Å². The Bertz CT molecular complexity index is 575. The van der Waals surface area contributed by atoms with Crippen LogP contribution in [-0.4, -0.2) is 12.3 Å². The highest BCUT2D eigenvalue weighted by molar-refractivity contribution is 5.79. The van der Waals surface area contributed by atoms with Crippen LogP contribution in [-0.2, 0) is 12.8 Å². The van der Waals surface area contributed by atoms with Gasteiger partial charge in [0.05, 0.1) is 18.9 Å². The average molecular weight is 244 g/mol. The lowest BCUT2D eigenvalue weighted by molar-refractivity contribution is 0.408. The molecule has 94 valence electrons. The Morgan fingerprint density at radius 2 is 2.06 bits per heavy atom. The van der Waals surface area contributed by atoms with Gasteiger partial charge in [-0.1, -0.05) is 17.3 Å². The second-order valence-electron chi connectivity index (χ2n) is 4.59. The predicted molar refractivity (Wildman–Crippen MR) is 69.5 cm³/mol. The number of methoxy groups -OCH3 is 1. The summed E-state index contributed by atoms with van der Waals surface area (Å²) in [4.78, 5) is 0. The predicted octanol–water partition coefficient (Wildman–Crippen LogP) is 2.81. The number of anilines is 1. The summed E-state index contributed by atoms with van der Waals surface area (Å²) in [7, 11) is 1.71. The highest BCUT2D eigenvalue weighted by Gasteiger charge is 2.20. The average Bonchev–Trinajstić information content (AvgIpc) is 2.83. The van der Waals surface area contributed by atoms with E-state index in [4.69, 9.17) is 15.0 Å². The quantitative estimate of drug-likeness (QED) is 0.882. The number of rotatable bonds is 2. The van der Waals surface area contributed by atoms with Gasteiger partial charge in [-0.05, 0) is 36.8 Å². The zero-order valence-electron chi connectivity index (χ0n) is 10.4. The molecule has 4 nitrogen and oxygen atoms in total. The van der Waals surface area contributed by atoms with Crippen LogP contribution in [0.1, 0.15) is 24.0 Å². The van der Waals surface area contributed by atoms with Crippen LogP contribution >= 0.6 is 0 Å². The first-order chi connectivity index (χ1) is 8.81. The number of aromatic nitrogens is 1. The summed E-state index contributed by atoms with van der Waals surface area (Å²) in [5, 5.41) is 3.73. The molecule has 0 aliphatic heterocycles. The first kappa shape index (κ1) is 11.1. The van der Waals surface area contributed by atoms with Crippen LogP contribution in [0, 0.1) is 0 Å². The minimum Gasteiger partial charge on any atom is -0.496 e. The molecule has 0 saturated carbocycles. The third-order valence-corrected chi connectivity index (χ3v) is 3.57. The van der Waals surface area contributed by atoms with E-state index >= 15 is 0 Å². The maximum atomic E-state index is 5.79. The van der Waals surface area contributed by atoms with Crippen LogP contribution in [0.2, 0.25) is 0 Å². The summed E-state index contributed by atoms with van der Waals surface area (Å²) >= 11 is 0. The SMILES string of the molecule is COc1c(-c2cnoc2N)ccc2c1CCCC2. The Morgan fingerprint density at radius 1 is 1.22 bits per heavy atom. The van der Waals surface area contributed by atoms with Crippen LogP contribution in [0.25, 0.3) is 11.1 Å². The van der Waals surface area contributed by atoms with E-state index in [1.54, 1.807) is 13.3 Å². The van der Waals surface area contributed by atoms with Crippen LogP contribution in [0.4, 0.5) is 5.88 Å². The van der Waals surface area contributed by atoms with Gasteiger partial charge in [-0.2, -0.15) is 0 Å². The number of nitrogens with zero attached hydrogens (tertiary/aromatic N) is 1. The van der Waals surface area contributed by atoms with Crippen molar-refractivity contribution < 1.29 is 9.26 Å². The molecule has 0 fully saturated rings. The van der Waals surface area contributed by atoms with Crippen LogP contribution < -0.4 is 10.5 Å². The summed E-state index contributed by atoms with van der Waals surface area (Å²) in [5.74, 6) is 1.26. The molecule has 0 unspecified atom stereocenters. The topological polar surface area (TPSA) is 61.3 Å². The number of nitrogens with two attached hydrogens (primary N) is 1. The number of aryl methyl sites for hydroxylation is 1. The van der Waals surface area contributed by atoms with Gasteiger partial charge in [0.1, 0.15) is 5.75 Å². The number of ether oxygens (including phenoxy) is 1. The normalized spacial score (nSPS) is 14.3. The van der Waals surface area contributed by atoms with Gasteiger partial charge in [0.25, 0.3) is 0 Å². The number of hydrogen-bond donors (Lipinski definition) is 1. The van der Waals surface area contributed by atoms with Crippen molar-refractivity contribution in [3.05, 3.63) is 29.5 Å². The Kier molecular flexibility index (Phi) is 2.70. The van der Waals surface area contributed by atoms with Crippen molar-refractivity contribution in [3.8, 4) is 16.9 Å². The molecule has 0 atom stereocenters. The lowest BCUT2D eigenvalue weighted by Gasteiger charge is -2.20. The van der Waals surface area contributed by atoms with Gasteiger partial charge in [0, 0.05) is 5.56 Å². The molecule has 2 aromatic rings. The Morgan fingerprint density at radius 3 is 2.78 bits per heavy atom. The van der Waals surface area contributed by atoms with E-state index in [0.29, 0.717) is 5.88 Å². The summed E-state index contributed by atoms with van der Waals surface area (Å²) in [6, 6.07) is 4.21. The van der Waals surface area contributed by atoms with E-state index in [9.17, 15) is 0 Å². The Balaban J connectivity index is 2.19. The van der Waals surface area contributed by atoms with Crippen molar-refractivity contribution in [1.82, 2.24) is 5.16 Å². The molecule has 0 radical (unpaired) electrons. The van der Waals surface area contributed by atoms with E-state index in [2.05, 4.69) is 11.2 Å². The maximum Gasteiger partial charge on any atom is 0.230 e. The molecule has 0 saturated heterocycles. The molecule has 1 aromatic carbocycles. The second-order valence-corrected chi connectivity index (χ2v) is 4.59. The van der Waals surface area contributed by atoms with Gasteiger partial charge >= 0.3 is 0 Å². The van der Waals surface area contributed by atoms with Crippen molar-refractivity contribution in [1.29, 1.82) is 0 Å². The molecule has 0 spiro atoms. The van der Waals surface area contributed by atoms with Gasteiger partial charge in [-0.3, -0.25) is 0 Å². The fourth-order valence-electron chi connectivity index (χ4n) is 2.69. The first-order valence-electron chi connectivity index (χ1n) is 6.20. The Hall–Kier alpha value is -1.97. The number of benzene rings is 1. The van der Waals surface area contributed by atoms with Gasteiger partial charge < -0.3 is 15.0 Å². The van der Waals surface area contributed by atoms with E-state index in [0.717, 1.165) is 29.7 Å². The molecular formula is C14H16N2O2. The standard InChI is InChI=1S/C14H16N2O2/c1-17-13-10-5-3-2-4-9(10)6-7-11(13)12-8-16-18-14(12)15/h6-8H,2-5,15H2,1H3. The molecule has 1 aliphatic carbocycles. The lowest BCUT2D eigenvalue weighted by atomic mass is 9.88. The molecule has 3 rings (SSSR count). The minimum absolute atomic E-state index is 0.337. The van der Waals surface area contributed by atoms with Crippen LogP contribution in [0.15, 0.2) is 22.9 Å². The molecule has 1 aliphatic rings. The monoisotopic (exact) mass is 244 g/mol. The number of hydrogen-bond acceptors (Lipinski definition) is 4. The zero-order valence-corrected chi connectivity index (χ0v) is 10.4. The minimum atomic E-state index is 0.337. The van der Waals surface area contributed by atoms with Crippen LogP contribution in [0.3, 0.4) is 0 Å². The highest BCUT2D eigenvalue weighted by atomic mass is 16.5. The number of nitrogen functional groups attached to an aromatic ring is 1. The van der Waals surface area contributed by atoms with E-state index < -0.39 is 0 Å². The van der Waals surface area contributed by atoms with Gasteiger partial charge in [-0.15, -0.1) is 0 Å². The van der Waals surface area contributed by atoms with Gasteiger partial charge in [0.15, 0.2) is 0 Å². The maximum absolute atomic E-state index is 5.79. The third kappa shape index (κ3) is 1.65. The van der Waals surface area contributed by atoms with Gasteiger partial charge in [0.2, 0.25) is 5.88 Å². The molecule has 1 heterocycles. The summed E-state index contributed by atoms with van der Waals surface area (Å²) in [6.07, 6.45) is 6.31. The molecule has 18 heavy (non-hydrogen) atoms. The Labute approximate surface area is 106 Å². The smallest absolute Gasteiger partial charge is 0.230 e. The summed E-state index contributed by atoms with van der Waals surface area (Å²) in [5.41, 5.74) is 10.3. The third-order valence-electron chi connectivity index (χ3n) is 3.57. The molecule has 0 amide bonds. The second kappa shape index (κ2) is 4.37. The fraction of sp³-hybridized carbons (Fsp3) is 0.357. The summed E-state index contributed by atoms with van der Waals surface area (Å²) < 4.78 is 10.5. The van der Waals surface area contributed by atoms with E-state index in [1.807, 2.05) is 6.07 Å². The van der Waals surface area contributed by atoms with E-state index in [1.165, 1.54) is 24.0 Å². The lowest BCUT2D eigenvalue weighted by Crippen LogP contribution is -2.06.